The van der Waals surface area contributed by atoms with E-state index in [1.807, 2.05) is 18.2 Å². The van der Waals surface area contributed by atoms with Gasteiger partial charge in [-0.2, -0.15) is 0 Å². The summed E-state index contributed by atoms with van der Waals surface area (Å²) < 4.78 is 26.2. The van der Waals surface area contributed by atoms with E-state index in [9.17, 15) is 18.7 Å². The van der Waals surface area contributed by atoms with Crippen molar-refractivity contribution in [3.8, 4) is 0 Å². The molecule has 5 rings (SSSR count). The molecular weight excluding hydrogens is 506 g/mol. The van der Waals surface area contributed by atoms with Crippen LogP contribution >= 0.6 is 0 Å². The van der Waals surface area contributed by atoms with Gasteiger partial charge in [-0.1, -0.05) is 57.4 Å². The summed E-state index contributed by atoms with van der Waals surface area (Å²) in [6.45, 7) is 8.68. The smallest absolute Gasteiger partial charge is 0.320 e. The number of aliphatic carboxylic acids is 1. The molecule has 2 aromatic rings. The number of hydrogen-bond donors (Lipinski definition) is 1. The van der Waals surface area contributed by atoms with Crippen LogP contribution in [0.3, 0.4) is 0 Å². The first-order valence-electron chi connectivity index (χ1n) is 15.2. The molecule has 220 valence electrons. The van der Waals surface area contributed by atoms with Crippen molar-refractivity contribution in [3.63, 3.8) is 0 Å². The van der Waals surface area contributed by atoms with Crippen molar-refractivity contribution in [2.45, 2.75) is 83.6 Å². The highest BCUT2D eigenvalue weighted by Crippen LogP contribution is 2.36. The van der Waals surface area contributed by atoms with Gasteiger partial charge in [-0.05, 0) is 124 Å². The van der Waals surface area contributed by atoms with Crippen molar-refractivity contribution in [3.05, 3.63) is 71.3 Å². The summed E-state index contributed by atoms with van der Waals surface area (Å²) in [7, 11) is 2.21. The maximum atomic E-state index is 13.3. The lowest BCUT2D eigenvalue weighted by atomic mass is 9.75. The van der Waals surface area contributed by atoms with Crippen LogP contribution < -0.4 is 0 Å². The highest BCUT2D eigenvalue weighted by Gasteiger charge is 2.35. The Kier molecular flexibility index (Phi) is 10.8. The molecule has 0 spiro atoms. The normalized spacial score (nSPS) is 21.9. The average molecular weight is 555 g/mol. The third kappa shape index (κ3) is 9.10. The summed E-state index contributed by atoms with van der Waals surface area (Å²) in [5, 5.41) is 9.50. The van der Waals surface area contributed by atoms with Gasteiger partial charge >= 0.3 is 5.97 Å². The zero-order valence-corrected chi connectivity index (χ0v) is 24.6. The van der Waals surface area contributed by atoms with Crippen LogP contribution in [0.1, 0.15) is 82.3 Å². The number of carboxylic acids is 1. The van der Waals surface area contributed by atoms with Crippen LogP contribution in [0, 0.1) is 28.9 Å². The Bertz CT molecular complexity index is 1080. The molecule has 1 N–H and O–H groups in total. The lowest BCUT2D eigenvalue weighted by Gasteiger charge is -2.35. The number of carboxylic acid groups (broad SMARTS) is 1. The Labute approximate surface area is 239 Å². The molecule has 4 nitrogen and oxygen atoms in total. The molecule has 40 heavy (non-hydrogen) atoms. The SMILES string of the molecule is CN1CCC(CC(C)(C)Cc2ccc(F)cc2)CC1.O=C(O)[C@@H](CC1CCC1)N1CCC(c2cccc(F)c2)C1. The molecule has 0 bridgehead atoms. The summed E-state index contributed by atoms with van der Waals surface area (Å²) in [5.74, 6) is 0.628. The number of hydrogen-bond acceptors (Lipinski definition) is 3. The molecule has 0 aromatic heterocycles. The second kappa shape index (κ2) is 14.0. The van der Waals surface area contributed by atoms with Gasteiger partial charge in [-0.25, -0.2) is 8.78 Å². The minimum Gasteiger partial charge on any atom is -0.480 e. The van der Waals surface area contributed by atoms with Gasteiger partial charge in [0.25, 0.3) is 0 Å². The van der Waals surface area contributed by atoms with Gasteiger partial charge in [0.2, 0.25) is 0 Å². The number of halogens is 2. The summed E-state index contributed by atoms with van der Waals surface area (Å²) in [6, 6.07) is 13.3. The molecule has 1 aliphatic carbocycles. The van der Waals surface area contributed by atoms with Crippen LogP contribution in [0.15, 0.2) is 48.5 Å². The predicted octanol–water partition coefficient (Wildman–Crippen LogP) is 7.38. The van der Waals surface area contributed by atoms with Crippen LogP contribution in [-0.2, 0) is 11.2 Å². The van der Waals surface area contributed by atoms with E-state index >= 15 is 0 Å². The molecule has 2 saturated heterocycles. The van der Waals surface area contributed by atoms with Gasteiger partial charge in [0.05, 0.1) is 0 Å². The number of benzene rings is 2. The van der Waals surface area contributed by atoms with Crippen LogP contribution in [0.25, 0.3) is 0 Å². The van der Waals surface area contributed by atoms with Crippen molar-refractivity contribution in [1.82, 2.24) is 9.80 Å². The second-order valence-corrected chi connectivity index (χ2v) is 13.3. The van der Waals surface area contributed by atoms with Crippen molar-refractivity contribution in [2.24, 2.45) is 17.3 Å². The zero-order valence-electron chi connectivity index (χ0n) is 24.6. The largest absolute Gasteiger partial charge is 0.480 e. The minimum absolute atomic E-state index is 0.142. The Morgan fingerprint density at radius 2 is 1.65 bits per heavy atom. The van der Waals surface area contributed by atoms with Gasteiger partial charge in [0.1, 0.15) is 17.7 Å². The van der Waals surface area contributed by atoms with E-state index in [-0.39, 0.29) is 23.6 Å². The second-order valence-electron chi connectivity index (χ2n) is 13.3. The first-order chi connectivity index (χ1) is 19.1. The molecule has 2 heterocycles. The first-order valence-corrected chi connectivity index (χ1v) is 15.2. The number of likely N-dealkylation sites (tertiary alicyclic amines) is 2. The van der Waals surface area contributed by atoms with Crippen LogP contribution in [0.5, 0.6) is 0 Å². The lowest BCUT2D eigenvalue weighted by Crippen LogP contribution is -2.41. The van der Waals surface area contributed by atoms with E-state index in [1.165, 1.54) is 63.2 Å². The fraction of sp³-hybridized carbons (Fsp3) is 0.618. The van der Waals surface area contributed by atoms with Crippen LogP contribution in [-0.4, -0.2) is 60.1 Å². The summed E-state index contributed by atoms with van der Waals surface area (Å²) in [5.41, 5.74) is 2.54. The minimum atomic E-state index is -0.707. The van der Waals surface area contributed by atoms with E-state index in [1.54, 1.807) is 24.3 Å². The van der Waals surface area contributed by atoms with Gasteiger partial charge in [0, 0.05) is 6.54 Å². The molecule has 2 aromatic carbocycles. The third-order valence-corrected chi connectivity index (χ3v) is 9.32. The van der Waals surface area contributed by atoms with Crippen molar-refractivity contribution in [2.75, 3.05) is 33.2 Å². The van der Waals surface area contributed by atoms with Crippen molar-refractivity contribution >= 4 is 5.97 Å². The molecule has 3 fully saturated rings. The maximum absolute atomic E-state index is 13.3. The summed E-state index contributed by atoms with van der Waals surface area (Å²) in [4.78, 5) is 16.1. The van der Waals surface area contributed by atoms with Crippen molar-refractivity contribution in [1.29, 1.82) is 0 Å². The highest BCUT2D eigenvalue weighted by atomic mass is 19.1. The molecule has 0 amide bonds. The van der Waals surface area contributed by atoms with Crippen LogP contribution in [0.4, 0.5) is 8.78 Å². The van der Waals surface area contributed by atoms with E-state index in [0.29, 0.717) is 11.3 Å². The lowest BCUT2D eigenvalue weighted by molar-refractivity contribution is -0.143. The standard InChI is InChI=1S/C17H22FNO2.C17H26FN/c18-15-6-2-5-13(10-15)14-7-8-19(11-14)16(17(20)21)9-12-3-1-4-12;1-17(2,12-14-4-6-16(18)7-5-14)13-15-8-10-19(3)11-9-15/h2,5-6,10,12,14,16H,1,3-4,7-9,11H2,(H,20,21);4-7,15H,8-13H2,1-3H3/t14?,16-;/m1./s1. The monoisotopic (exact) mass is 554 g/mol. The van der Waals surface area contributed by atoms with Gasteiger partial charge in [0.15, 0.2) is 0 Å². The van der Waals surface area contributed by atoms with Gasteiger partial charge in [-0.15, -0.1) is 0 Å². The predicted molar refractivity (Wildman–Crippen MR) is 157 cm³/mol. The van der Waals surface area contributed by atoms with E-state index in [0.717, 1.165) is 43.8 Å². The topological polar surface area (TPSA) is 43.8 Å². The number of carbonyl (C=O) groups is 1. The number of piperidine rings is 1. The molecule has 6 heteroatoms. The zero-order chi connectivity index (χ0) is 28.7. The quantitative estimate of drug-likeness (QED) is 0.351. The fourth-order valence-electron chi connectivity index (χ4n) is 6.83. The average Bonchev–Trinajstić information content (AvgIpc) is 3.36. The highest BCUT2D eigenvalue weighted by molar-refractivity contribution is 5.73. The summed E-state index contributed by atoms with van der Waals surface area (Å²) in [6.07, 6.45) is 10.2. The molecule has 2 aliphatic heterocycles. The van der Waals surface area contributed by atoms with Crippen molar-refractivity contribution < 1.29 is 18.7 Å². The van der Waals surface area contributed by atoms with Crippen LogP contribution in [0.2, 0.25) is 0 Å². The Morgan fingerprint density at radius 1 is 0.950 bits per heavy atom. The van der Waals surface area contributed by atoms with E-state index in [4.69, 9.17) is 0 Å². The van der Waals surface area contributed by atoms with Gasteiger partial charge < -0.3 is 10.0 Å². The van der Waals surface area contributed by atoms with E-state index < -0.39 is 5.97 Å². The molecule has 1 unspecified atom stereocenters. The molecule has 2 atom stereocenters. The fourth-order valence-corrected chi connectivity index (χ4v) is 6.83. The molecule has 0 radical (unpaired) electrons. The molecular formula is C34H48F2N2O2. The molecule has 3 aliphatic rings. The van der Waals surface area contributed by atoms with Gasteiger partial charge in [-0.3, -0.25) is 9.69 Å². The Morgan fingerprint density at radius 3 is 2.25 bits per heavy atom. The number of rotatable bonds is 9. The summed E-state index contributed by atoms with van der Waals surface area (Å²) >= 11 is 0. The number of nitrogens with zero attached hydrogens (tertiary/aromatic N) is 2. The molecule has 1 saturated carbocycles. The Balaban J connectivity index is 0.000000186. The first kappa shape index (κ1) is 30.6. The maximum Gasteiger partial charge on any atom is 0.320 e. The third-order valence-electron chi connectivity index (χ3n) is 9.32. The van der Waals surface area contributed by atoms with E-state index in [2.05, 4.69) is 30.7 Å². The Hall–Kier alpha value is -2.31.